The Morgan fingerprint density at radius 2 is 2.58 bits per heavy atom. The smallest absolute Gasteiger partial charge is 0.0628 e. The van der Waals surface area contributed by atoms with Gasteiger partial charge in [-0.1, -0.05) is 12.2 Å². The van der Waals surface area contributed by atoms with Crippen molar-refractivity contribution in [2.75, 3.05) is 6.54 Å². The molecule has 0 bridgehead atoms. The summed E-state index contributed by atoms with van der Waals surface area (Å²) in [5.41, 5.74) is 1.19. The van der Waals surface area contributed by atoms with Crippen molar-refractivity contribution >= 4 is 0 Å². The van der Waals surface area contributed by atoms with Crippen molar-refractivity contribution in [1.82, 2.24) is 5.32 Å². The zero-order valence-electron chi connectivity index (χ0n) is 7.38. The Kier molecular flexibility index (Phi) is 3.40. The Balaban J connectivity index is 2.40. The summed E-state index contributed by atoms with van der Waals surface area (Å²) in [5.74, 6) is 0.428. The van der Waals surface area contributed by atoms with Crippen LogP contribution in [0.1, 0.15) is 19.8 Å². The minimum Gasteiger partial charge on any atom is -0.386 e. The Hall–Kier alpha value is -1.23. The number of allylic oxidation sites excluding steroid dienone is 3. The second kappa shape index (κ2) is 4.61. The van der Waals surface area contributed by atoms with Crippen LogP contribution in [-0.2, 0) is 0 Å². The van der Waals surface area contributed by atoms with Crippen molar-refractivity contribution in [3.63, 3.8) is 0 Å². The summed E-state index contributed by atoms with van der Waals surface area (Å²) in [6.07, 6.45) is 7.96. The van der Waals surface area contributed by atoms with E-state index in [0.717, 1.165) is 13.0 Å². The fourth-order valence-electron chi connectivity index (χ4n) is 1.27. The zero-order chi connectivity index (χ0) is 8.81. The van der Waals surface area contributed by atoms with E-state index in [9.17, 15) is 0 Å². The Morgan fingerprint density at radius 1 is 1.75 bits per heavy atom. The molecule has 1 unspecified atom stereocenters. The second-order valence-electron chi connectivity index (χ2n) is 2.91. The molecule has 0 fully saturated rings. The molecule has 0 spiro atoms. The molecule has 0 aromatic carbocycles. The highest BCUT2D eigenvalue weighted by Gasteiger charge is 2.06. The van der Waals surface area contributed by atoms with Gasteiger partial charge >= 0.3 is 0 Å². The van der Waals surface area contributed by atoms with Gasteiger partial charge in [-0.05, 0) is 25.3 Å². The SMILES string of the molecule is CCNC1=CCC(CC#N)C=C1. The average Bonchev–Trinajstić information content (AvgIpc) is 2.09. The number of rotatable bonds is 3. The van der Waals surface area contributed by atoms with Crippen LogP contribution in [0.4, 0.5) is 0 Å². The third-order valence-electron chi connectivity index (χ3n) is 1.92. The van der Waals surface area contributed by atoms with Gasteiger partial charge in [0.05, 0.1) is 6.07 Å². The summed E-state index contributed by atoms with van der Waals surface area (Å²) in [6, 6.07) is 2.18. The number of likely N-dealkylation sites (N-methyl/N-ethyl adjacent to an activating group) is 1. The summed E-state index contributed by atoms with van der Waals surface area (Å²) in [5, 5.41) is 11.7. The molecule has 0 aliphatic heterocycles. The number of nitriles is 1. The number of nitrogens with zero attached hydrogens (tertiary/aromatic N) is 1. The summed E-state index contributed by atoms with van der Waals surface area (Å²) < 4.78 is 0. The van der Waals surface area contributed by atoms with Crippen molar-refractivity contribution in [3.05, 3.63) is 23.9 Å². The maximum absolute atomic E-state index is 8.47. The first kappa shape index (κ1) is 8.86. The summed E-state index contributed by atoms with van der Waals surface area (Å²) in [7, 11) is 0. The third-order valence-corrected chi connectivity index (χ3v) is 1.92. The van der Waals surface area contributed by atoms with Crippen LogP contribution in [0, 0.1) is 17.2 Å². The maximum atomic E-state index is 8.47. The Bertz CT molecular complexity index is 233. The molecule has 0 aromatic rings. The van der Waals surface area contributed by atoms with Crippen LogP contribution in [0.3, 0.4) is 0 Å². The van der Waals surface area contributed by atoms with Gasteiger partial charge in [0.15, 0.2) is 0 Å². The molecule has 0 saturated carbocycles. The van der Waals surface area contributed by atoms with E-state index in [2.05, 4.69) is 36.5 Å². The predicted octanol–water partition coefficient (Wildman–Crippen LogP) is 1.97. The minimum atomic E-state index is 0.428. The van der Waals surface area contributed by atoms with Crippen molar-refractivity contribution in [2.24, 2.45) is 5.92 Å². The van der Waals surface area contributed by atoms with Crippen molar-refractivity contribution < 1.29 is 0 Å². The molecule has 12 heavy (non-hydrogen) atoms. The second-order valence-corrected chi connectivity index (χ2v) is 2.91. The van der Waals surface area contributed by atoms with Crippen LogP contribution in [0.2, 0.25) is 0 Å². The molecule has 1 aliphatic carbocycles. The minimum absolute atomic E-state index is 0.428. The monoisotopic (exact) mass is 162 g/mol. The van der Waals surface area contributed by atoms with Crippen LogP contribution in [0.5, 0.6) is 0 Å². The van der Waals surface area contributed by atoms with E-state index in [1.54, 1.807) is 0 Å². The number of hydrogen-bond donors (Lipinski definition) is 1. The molecule has 1 atom stereocenters. The van der Waals surface area contributed by atoms with Crippen LogP contribution < -0.4 is 5.32 Å². The molecule has 0 saturated heterocycles. The zero-order valence-corrected chi connectivity index (χ0v) is 7.38. The highest BCUT2D eigenvalue weighted by molar-refractivity contribution is 5.22. The lowest BCUT2D eigenvalue weighted by molar-refractivity contribution is 0.662. The molecule has 1 N–H and O–H groups in total. The molecule has 1 rings (SSSR count). The molecule has 0 heterocycles. The average molecular weight is 162 g/mol. The van der Waals surface area contributed by atoms with E-state index in [0.29, 0.717) is 12.3 Å². The molecule has 0 radical (unpaired) electrons. The Labute approximate surface area is 73.6 Å². The van der Waals surface area contributed by atoms with Gasteiger partial charge in [0, 0.05) is 18.7 Å². The quantitative estimate of drug-likeness (QED) is 0.688. The molecule has 0 amide bonds. The van der Waals surface area contributed by atoms with Gasteiger partial charge in [-0.3, -0.25) is 0 Å². The molecule has 2 nitrogen and oxygen atoms in total. The van der Waals surface area contributed by atoms with Gasteiger partial charge in [-0.25, -0.2) is 0 Å². The summed E-state index contributed by atoms with van der Waals surface area (Å²) in [4.78, 5) is 0. The third kappa shape index (κ3) is 2.43. The van der Waals surface area contributed by atoms with Crippen molar-refractivity contribution in [3.8, 4) is 6.07 Å². The van der Waals surface area contributed by atoms with Crippen LogP contribution in [0.15, 0.2) is 23.9 Å². The van der Waals surface area contributed by atoms with E-state index in [1.165, 1.54) is 5.70 Å². The molecular weight excluding hydrogens is 148 g/mol. The van der Waals surface area contributed by atoms with E-state index >= 15 is 0 Å². The molecule has 1 aliphatic rings. The lowest BCUT2D eigenvalue weighted by Gasteiger charge is -2.13. The Morgan fingerprint density at radius 3 is 3.08 bits per heavy atom. The lowest BCUT2D eigenvalue weighted by Crippen LogP contribution is -2.13. The molecule has 2 heteroatoms. The van der Waals surface area contributed by atoms with Crippen molar-refractivity contribution in [2.45, 2.75) is 19.8 Å². The molecule has 0 aromatic heterocycles. The van der Waals surface area contributed by atoms with Crippen LogP contribution in [0.25, 0.3) is 0 Å². The molecule has 64 valence electrons. The fourth-order valence-corrected chi connectivity index (χ4v) is 1.27. The van der Waals surface area contributed by atoms with E-state index in [4.69, 9.17) is 5.26 Å². The summed E-state index contributed by atoms with van der Waals surface area (Å²) >= 11 is 0. The highest BCUT2D eigenvalue weighted by atomic mass is 14.9. The fraction of sp³-hybridized carbons (Fsp3) is 0.500. The topological polar surface area (TPSA) is 35.8 Å². The molecular formula is C10H14N2. The number of nitrogens with one attached hydrogen (secondary N) is 1. The van der Waals surface area contributed by atoms with Gasteiger partial charge < -0.3 is 5.32 Å². The van der Waals surface area contributed by atoms with E-state index < -0.39 is 0 Å². The van der Waals surface area contributed by atoms with Gasteiger partial charge in [-0.2, -0.15) is 5.26 Å². The van der Waals surface area contributed by atoms with E-state index in [-0.39, 0.29) is 0 Å². The van der Waals surface area contributed by atoms with Crippen LogP contribution >= 0.6 is 0 Å². The van der Waals surface area contributed by atoms with Crippen LogP contribution in [-0.4, -0.2) is 6.54 Å². The normalized spacial score (nSPS) is 21.3. The van der Waals surface area contributed by atoms with Gasteiger partial charge in [0.2, 0.25) is 0 Å². The van der Waals surface area contributed by atoms with Gasteiger partial charge in [0.1, 0.15) is 0 Å². The first-order chi connectivity index (χ1) is 5.86. The highest BCUT2D eigenvalue weighted by Crippen LogP contribution is 2.17. The summed E-state index contributed by atoms with van der Waals surface area (Å²) in [6.45, 7) is 3.04. The first-order valence-electron chi connectivity index (χ1n) is 4.36. The standard InChI is InChI=1S/C10H14N2/c1-2-12-10-5-3-9(4-6-10)7-8-11/h3,5-6,9,12H,2,4,7H2,1H3. The lowest BCUT2D eigenvalue weighted by atomic mass is 9.97. The van der Waals surface area contributed by atoms with Gasteiger partial charge in [0.25, 0.3) is 0 Å². The maximum Gasteiger partial charge on any atom is 0.0628 e. The number of hydrogen-bond acceptors (Lipinski definition) is 2. The first-order valence-corrected chi connectivity index (χ1v) is 4.36. The van der Waals surface area contributed by atoms with Crippen molar-refractivity contribution in [1.29, 1.82) is 5.26 Å². The van der Waals surface area contributed by atoms with Gasteiger partial charge in [-0.15, -0.1) is 0 Å². The predicted molar refractivity (Wildman–Crippen MR) is 49.2 cm³/mol. The van der Waals surface area contributed by atoms with E-state index in [1.807, 2.05) is 0 Å². The largest absolute Gasteiger partial charge is 0.386 e.